The summed E-state index contributed by atoms with van der Waals surface area (Å²) >= 11 is 0. The van der Waals surface area contributed by atoms with Crippen molar-refractivity contribution in [3.8, 4) is 0 Å². The lowest BCUT2D eigenvalue weighted by molar-refractivity contribution is -0.177. The van der Waals surface area contributed by atoms with Crippen LogP contribution in [0, 0.1) is 47.3 Å². The molecular weight excluding hydrogens is 849 g/mol. The predicted molar refractivity (Wildman–Crippen MR) is 255 cm³/mol. The van der Waals surface area contributed by atoms with Crippen LogP contribution in [0.1, 0.15) is 156 Å². The van der Waals surface area contributed by atoms with E-state index < -0.39 is 102 Å². The van der Waals surface area contributed by atoms with E-state index in [0.717, 1.165) is 22.6 Å². The van der Waals surface area contributed by atoms with Crippen LogP contribution in [0.4, 0.5) is 0 Å². The molecule has 8 atom stereocenters. The fraction of sp³-hybridized carbons (Fsp3) is 0.840. The lowest BCUT2D eigenvalue weighted by Gasteiger charge is -2.36. The average molecular weight is 939 g/mol. The van der Waals surface area contributed by atoms with Gasteiger partial charge in [0, 0.05) is 34.1 Å². The molecule has 16 nitrogen and oxygen atoms in total. The zero-order chi connectivity index (χ0) is 51.7. The number of hydrogen-bond donors (Lipinski definition) is 1. The molecule has 0 saturated heterocycles. The molecule has 1 N–H and O–H groups in total. The second-order valence-corrected chi connectivity index (χ2v) is 21.1. The number of ether oxygens (including phenoxy) is 3. The number of carboxylic acids is 1. The number of rotatable bonds is 29. The Morgan fingerprint density at radius 3 is 0.879 bits per heavy atom. The first kappa shape index (κ1) is 61.8. The molecule has 0 aromatic rings. The van der Waals surface area contributed by atoms with Crippen molar-refractivity contribution in [3.63, 3.8) is 0 Å². The van der Waals surface area contributed by atoms with Gasteiger partial charge in [0.05, 0.1) is 0 Å². The normalized spacial score (nSPS) is 15.5. The molecule has 0 spiro atoms. The van der Waals surface area contributed by atoms with Crippen LogP contribution in [0.2, 0.25) is 0 Å². The smallest absolute Gasteiger partial charge is 0.329 e. The lowest BCUT2D eigenvalue weighted by Crippen LogP contribution is -2.55. The van der Waals surface area contributed by atoms with Gasteiger partial charge in [0.15, 0.2) is 18.3 Å². The maximum Gasteiger partial charge on any atom is 0.329 e. The summed E-state index contributed by atoms with van der Waals surface area (Å²) in [5.74, 6) is -8.14. The van der Waals surface area contributed by atoms with Crippen molar-refractivity contribution in [2.45, 2.75) is 198 Å². The molecule has 0 fully saturated rings. The van der Waals surface area contributed by atoms with E-state index >= 15 is 0 Å². The highest BCUT2D eigenvalue weighted by Crippen LogP contribution is 2.25. The van der Waals surface area contributed by atoms with Crippen LogP contribution in [0.25, 0.3) is 0 Å². The van der Waals surface area contributed by atoms with Crippen molar-refractivity contribution in [3.05, 3.63) is 0 Å². The largest absolute Gasteiger partial charge is 0.480 e. The summed E-state index contributed by atoms with van der Waals surface area (Å²) in [4.78, 5) is 115. The van der Waals surface area contributed by atoms with E-state index in [-0.39, 0.29) is 54.8 Å². The Balaban J connectivity index is 6.76. The second-order valence-electron chi connectivity index (χ2n) is 21.1. The molecule has 0 rings (SSSR count). The highest BCUT2D eigenvalue weighted by molar-refractivity contribution is 5.93. The fourth-order valence-electron chi connectivity index (χ4n) is 7.67. The highest BCUT2D eigenvalue weighted by atomic mass is 16.6. The number of unbranched alkanes of at least 4 members (excludes halogenated alkanes) is 1. The number of aliphatic carboxylic acids is 1. The molecule has 16 heteroatoms. The maximum absolute atomic E-state index is 14.4. The molecule has 0 aliphatic heterocycles. The summed E-state index contributed by atoms with van der Waals surface area (Å²) in [5, 5.41) is 9.91. The Morgan fingerprint density at radius 1 is 0.409 bits per heavy atom. The van der Waals surface area contributed by atoms with Crippen molar-refractivity contribution in [2.24, 2.45) is 47.3 Å². The average Bonchev–Trinajstić information content (AvgIpc) is 3.21. The summed E-state index contributed by atoms with van der Waals surface area (Å²) in [5.41, 5.74) is 0. The van der Waals surface area contributed by atoms with E-state index in [0.29, 0.717) is 12.8 Å². The Hall–Kier alpha value is -4.24. The van der Waals surface area contributed by atoms with Gasteiger partial charge in [0.1, 0.15) is 24.2 Å². The molecule has 0 aliphatic carbocycles. The first-order valence-electron chi connectivity index (χ1n) is 24.2. The van der Waals surface area contributed by atoms with Crippen molar-refractivity contribution in [1.29, 1.82) is 0 Å². The van der Waals surface area contributed by atoms with Gasteiger partial charge < -0.3 is 38.9 Å². The first-order valence-corrected chi connectivity index (χ1v) is 24.2. The van der Waals surface area contributed by atoms with Gasteiger partial charge in [-0.1, -0.05) is 124 Å². The van der Waals surface area contributed by atoms with Gasteiger partial charge in [0.2, 0.25) is 5.91 Å². The summed E-state index contributed by atoms with van der Waals surface area (Å²) in [6, 6.07) is -4.51. The van der Waals surface area contributed by atoms with Crippen LogP contribution in [-0.2, 0) is 52.6 Å². The number of amides is 4. The molecule has 382 valence electrons. The molecule has 0 heterocycles. The van der Waals surface area contributed by atoms with E-state index in [1.165, 1.54) is 30.9 Å². The molecule has 0 aliphatic rings. The van der Waals surface area contributed by atoms with Crippen LogP contribution < -0.4 is 0 Å². The zero-order valence-corrected chi connectivity index (χ0v) is 44.3. The maximum atomic E-state index is 14.4. The molecule has 8 unspecified atom stereocenters. The van der Waals surface area contributed by atoms with Gasteiger partial charge in [-0.2, -0.15) is 0 Å². The number of esters is 3. The van der Waals surface area contributed by atoms with Gasteiger partial charge in [-0.15, -0.1) is 0 Å². The van der Waals surface area contributed by atoms with Gasteiger partial charge in [-0.05, 0) is 73.5 Å². The van der Waals surface area contributed by atoms with E-state index in [4.69, 9.17) is 14.2 Å². The standard InChI is InChI=1S/C50H90N4O12/c1-21-22-23-35(16)43(55)52(18)37(25-29(4)5)48(61)65-41(33(12)13)45(57)54(20)39(27-31(8)9)50(63)66-42(34(14)15)46(58)53(19)38(26-30(6)7)49(62)64-40(32(10)11)44(56)51(17)36(47(59)60)24-28(2)3/h28-42H,21-27H2,1-20H3,(H,59,60). The Labute approximate surface area is 397 Å². The Bertz CT molecular complexity index is 1590. The van der Waals surface area contributed by atoms with Crippen molar-refractivity contribution < 1.29 is 57.7 Å². The van der Waals surface area contributed by atoms with E-state index in [1.807, 2.05) is 69.2 Å². The summed E-state index contributed by atoms with van der Waals surface area (Å²) in [7, 11) is 5.77. The number of carbonyl (C=O) groups excluding carboxylic acids is 7. The first-order chi connectivity index (χ1) is 30.3. The molecule has 0 radical (unpaired) electrons. The summed E-state index contributed by atoms with van der Waals surface area (Å²) in [6.45, 7) is 29.0. The van der Waals surface area contributed by atoms with Crippen LogP contribution in [0.5, 0.6) is 0 Å². The van der Waals surface area contributed by atoms with E-state index in [1.54, 1.807) is 48.6 Å². The second kappa shape index (κ2) is 28.8. The highest BCUT2D eigenvalue weighted by Gasteiger charge is 2.43. The molecule has 0 aromatic carbocycles. The molecular formula is C50H90N4O12. The van der Waals surface area contributed by atoms with Crippen LogP contribution >= 0.6 is 0 Å². The third kappa shape index (κ3) is 19.2. The Kier molecular flexibility index (Phi) is 27.0. The zero-order valence-electron chi connectivity index (χ0n) is 44.3. The van der Waals surface area contributed by atoms with Gasteiger partial charge in [0.25, 0.3) is 17.7 Å². The van der Waals surface area contributed by atoms with Gasteiger partial charge in [-0.3, -0.25) is 19.2 Å². The number of nitrogens with zero attached hydrogens (tertiary/aromatic N) is 4. The van der Waals surface area contributed by atoms with Crippen LogP contribution in [-0.4, -0.2) is 143 Å². The monoisotopic (exact) mass is 939 g/mol. The van der Waals surface area contributed by atoms with E-state index in [9.17, 15) is 43.5 Å². The van der Waals surface area contributed by atoms with Crippen molar-refractivity contribution in [2.75, 3.05) is 28.2 Å². The topological polar surface area (TPSA) is 197 Å². The molecule has 0 bridgehead atoms. The number of carboxylic acid groups (broad SMARTS) is 1. The minimum absolute atomic E-state index is 0.0212. The van der Waals surface area contributed by atoms with Crippen LogP contribution in [0.3, 0.4) is 0 Å². The van der Waals surface area contributed by atoms with Crippen LogP contribution in [0.15, 0.2) is 0 Å². The third-order valence-corrected chi connectivity index (χ3v) is 11.8. The Morgan fingerprint density at radius 2 is 0.652 bits per heavy atom. The third-order valence-electron chi connectivity index (χ3n) is 11.8. The number of likely N-dealkylation sites (N-methyl/N-ethyl adjacent to an activating group) is 4. The molecule has 66 heavy (non-hydrogen) atoms. The van der Waals surface area contributed by atoms with Gasteiger partial charge in [-0.25, -0.2) is 19.2 Å². The predicted octanol–water partition coefficient (Wildman–Crippen LogP) is 7.09. The van der Waals surface area contributed by atoms with Crippen molar-refractivity contribution >= 4 is 47.5 Å². The van der Waals surface area contributed by atoms with E-state index in [2.05, 4.69) is 0 Å². The van der Waals surface area contributed by atoms with Gasteiger partial charge >= 0.3 is 23.9 Å². The lowest BCUT2D eigenvalue weighted by atomic mass is 9.98. The number of carbonyl (C=O) groups is 8. The molecule has 0 aromatic heterocycles. The van der Waals surface area contributed by atoms with Crippen molar-refractivity contribution in [1.82, 2.24) is 19.6 Å². The summed E-state index contributed by atoms with van der Waals surface area (Å²) < 4.78 is 17.8. The fourth-order valence-corrected chi connectivity index (χ4v) is 7.67. The summed E-state index contributed by atoms with van der Waals surface area (Å²) in [6.07, 6.45) is -0.846. The minimum Gasteiger partial charge on any atom is -0.480 e. The molecule has 0 saturated carbocycles. The quantitative estimate of drug-likeness (QED) is 0.0591. The molecule has 4 amide bonds. The number of hydrogen-bond acceptors (Lipinski definition) is 11. The minimum atomic E-state index is -1.41. The SMILES string of the molecule is CCCCC(C)C(=O)N(C)C(CC(C)C)C(=O)OC(C(=O)N(C)C(CC(C)C)C(=O)OC(C(=O)N(C)C(CC(C)C)C(=O)OC(C(=O)N(C)C(CC(C)C)C(=O)O)C(C)C)C(C)C)C(C)C.